The minimum atomic E-state index is -0.541. The van der Waals surface area contributed by atoms with Crippen molar-refractivity contribution in [3.63, 3.8) is 0 Å². The molecule has 0 spiro atoms. The summed E-state index contributed by atoms with van der Waals surface area (Å²) in [6.45, 7) is -0.332. The van der Waals surface area contributed by atoms with Gasteiger partial charge in [-0.05, 0) is 42.5 Å². The Bertz CT molecular complexity index is 848. The predicted octanol–water partition coefficient (Wildman–Crippen LogP) is 3.36. The van der Waals surface area contributed by atoms with Crippen LogP contribution in [0, 0.1) is 0 Å². The fourth-order valence-corrected chi connectivity index (χ4v) is 2.61. The highest BCUT2D eigenvalue weighted by Crippen LogP contribution is 2.27. The first-order valence-electron chi connectivity index (χ1n) is 7.09. The minimum absolute atomic E-state index is 0.110. The van der Waals surface area contributed by atoms with Crippen LogP contribution in [0.4, 0.5) is 0 Å². The summed E-state index contributed by atoms with van der Waals surface area (Å²) in [5.74, 6) is -0.742. The second-order valence-electron chi connectivity index (χ2n) is 4.80. The third-order valence-electron chi connectivity index (χ3n) is 2.91. The van der Waals surface area contributed by atoms with Crippen LogP contribution in [0.3, 0.4) is 0 Å². The normalized spacial score (nSPS) is 9.96. The predicted molar refractivity (Wildman–Crippen MR) is 105 cm³/mol. The molecule has 0 aliphatic heterocycles. The summed E-state index contributed by atoms with van der Waals surface area (Å²) in [6.07, 6.45) is 0. The van der Waals surface area contributed by atoms with Gasteiger partial charge in [0.05, 0.1) is 15.6 Å². The number of carbonyl (C=O) groups is 2. The van der Waals surface area contributed by atoms with Crippen molar-refractivity contribution in [2.45, 2.75) is 0 Å². The van der Waals surface area contributed by atoms with Gasteiger partial charge < -0.3 is 4.74 Å². The number of nitrogens with one attached hydrogen (secondary N) is 3. The molecule has 0 saturated heterocycles. The van der Waals surface area contributed by atoms with Crippen LogP contribution in [0.15, 0.2) is 42.5 Å². The first-order valence-corrected chi connectivity index (χ1v) is 8.63. The zero-order chi connectivity index (χ0) is 19.1. The van der Waals surface area contributed by atoms with Crippen LogP contribution in [-0.2, 0) is 4.79 Å². The Kier molecular flexibility index (Phi) is 7.47. The Hall–Kier alpha value is -2.06. The van der Waals surface area contributed by atoms with E-state index in [9.17, 15) is 9.59 Å². The van der Waals surface area contributed by atoms with Crippen molar-refractivity contribution in [2.75, 3.05) is 6.61 Å². The molecule has 0 saturated carbocycles. The number of hydrazine groups is 1. The molecule has 0 bridgehead atoms. The van der Waals surface area contributed by atoms with E-state index in [2.05, 4.69) is 16.2 Å². The summed E-state index contributed by atoms with van der Waals surface area (Å²) >= 11 is 22.5. The average molecular weight is 433 g/mol. The molecule has 2 aromatic carbocycles. The number of benzene rings is 2. The highest BCUT2D eigenvalue weighted by molar-refractivity contribution is 7.80. The van der Waals surface area contributed by atoms with E-state index in [4.69, 9.17) is 51.8 Å². The molecule has 0 aliphatic carbocycles. The molecule has 2 aromatic rings. The fourth-order valence-electron chi connectivity index (χ4n) is 1.76. The number of hydrogen-bond acceptors (Lipinski definition) is 4. The van der Waals surface area contributed by atoms with Crippen molar-refractivity contribution in [1.29, 1.82) is 0 Å². The summed E-state index contributed by atoms with van der Waals surface area (Å²) in [7, 11) is 0. The minimum Gasteiger partial charge on any atom is -0.482 e. The van der Waals surface area contributed by atoms with Gasteiger partial charge in [-0.25, -0.2) is 0 Å². The molecular weight excluding hydrogens is 421 g/mol. The van der Waals surface area contributed by atoms with Gasteiger partial charge in [-0.3, -0.25) is 25.8 Å². The molecule has 0 aliphatic rings. The summed E-state index contributed by atoms with van der Waals surface area (Å²) in [5, 5.41) is 3.25. The second-order valence-corrected chi connectivity index (χ2v) is 6.46. The summed E-state index contributed by atoms with van der Waals surface area (Å²) in [6, 6.07) is 11.1. The molecule has 0 heterocycles. The van der Waals surface area contributed by atoms with Gasteiger partial charge >= 0.3 is 0 Å². The zero-order valence-corrected chi connectivity index (χ0v) is 16.1. The van der Waals surface area contributed by atoms with E-state index in [1.807, 2.05) is 0 Å². The lowest BCUT2D eigenvalue weighted by Crippen LogP contribution is -2.49. The van der Waals surface area contributed by atoms with E-state index in [1.54, 1.807) is 36.4 Å². The Labute approximate surface area is 169 Å². The Morgan fingerprint density at radius 3 is 2.42 bits per heavy atom. The van der Waals surface area contributed by atoms with Crippen LogP contribution >= 0.6 is 47.0 Å². The Balaban J connectivity index is 1.77. The van der Waals surface area contributed by atoms with Gasteiger partial charge in [-0.1, -0.05) is 46.9 Å². The topological polar surface area (TPSA) is 79.5 Å². The highest BCUT2D eigenvalue weighted by Gasteiger charge is 2.11. The summed E-state index contributed by atoms with van der Waals surface area (Å²) < 4.78 is 5.27. The van der Waals surface area contributed by atoms with Crippen LogP contribution in [-0.4, -0.2) is 23.5 Å². The lowest BCUT2D eigenvalue weighted by molar-refractivity contribution is -0.121. The van der Waals surface area contributed by atoms with Crippen LogP contribution in [0.2, 0.25) is 15.1 Å². The first-order chi connectivity index (χ1) is 12.4. The van der Waals surface area contributed by atoms with Gasteiger partial charge in [0.15, 0.2) is 11.7 Å². The number of amides is 2. The van der Waals surface area contributed by atoms with Crippen molar-refractivity contribution < 1.29 is 14.3 Å². The average Bonchev–Trinajstić information content (AvgIpc) is 2.59. The molecule has 0 aromatic heterocycles. The molecule has 136 valence electrons. The molecule has 3 N–H and O–H groups in total. The van der Waals surface area contributed by atoms with Gasteiger partial charge in [-0.2, -0.15) is 0 Å². The third kappa shape index (κ3) is 6.03. The molecule has 6 nitrogen and oxygen atoms in total. The SMILES string of the molecule is O=C(COc1ccc(Cl)cc1Cl)NC(=S)NNC(=O)c1ccccc1Cl. The standard InChI is InChI=1S/C16H12Cl3N3O3S/c17-9-5-6-13(12(19)7-9)25-8-14(23)20-16(26)22-21-15(24)10-3-1-2-4-11(10)18/h1-7H,8H2,(H,21,24)(H2,20,22,23,26). The molecule has 0 radical (unpaired) electrons. The number of carbonyl (C=O) groups excluding carboxylic acids is 2. The van der Waals surface area contributed by atoms with E-state index < -0.39 is 11.8 Å². The quantitative estimate of drug-likeness (QED) is 0.510. The van der Waals surface area contributed by atoms with Crippen LogP contribution < -0.4 is 20.9 Å². The number of rotatable bonds is 4. The Morgan fingerprint density at radius 2 is 1.73 bits per heavy atom. The molecule has 0 unspecified atom stereocenters. The van der Waals surface area contributed by atoms with E-state index >= 15 is 0 Å². The maximum Gasteiger partial charge on any atom is 0.271 e. The lowest BCUT2D eigenvalue weighted by Gasteiger charge is -2.12. The maximum absolute atomic E-state index is 12.0. The summed E-state index contributed by atoms with van der Waals surface area (Å²) in [5.41, 5.74) is 4.99. The molecule has 10 heteroatoms. The molecule has 2 rings (SSSR count). The largest absolute Gasteiger partial charge is 0.482 e. The van der Waals surface area contributed by atoms with Gasteiger partial charge in [0, 0.05) is 5.02 Å². The monoisotopic (exact) mass is 431 g/mol. The number of thiocarbonyl (C=S) groups is 1. The summed E-state index contributed by atoms with van der Waals surface area (Å²) in [4.78, 5) is 23.8. The van der Waals surface area contributed by atoms with Crippen molar-refractivity contribution in [3.8, 4) is 5.75 Å². The third-order valence-corrected chi connectivity index (χ3v) is 3.98. The maximum atomic E-state index is 12.0. The van der Waals surface area contributed by atoms with Crippen LogP contribution in [0.1, 0.15) is 10.4 Å². The molecule has 2 amide bonds. The lowest BCUT2D eigenvalue weighted by atomic mass is 10.2. The number of ether oxygens (including phenoxy) is 1. The molecule has 26 heavy (non-hydrogen) atoms. The first kappa shape index (κ1) is 20.3. The van der Waals surface area contributed by atoms with Crippen molar-refractivity contribution >= 4 is 63.9 Å². The smallest absolute Gasteiger partial charge is 0.271 e. The fraction of sp³-hybridized carbons (Fsp3) is 0.0625. The van der Waals surface area contributed by atoms with E-state index in [1.165, 1.54) is 6.07 Å². The van der Waals surface area contributed by atoms with Crippen molar-refractivity contribution in [1.82, 2.24) is 16.2 Å². The molecule has 0 fully saturated rings. The van der Waals surface area contributed by atoms with Crippen LogP contribution in [0.5, 0.6) is 5.75 Å². The zero-order valence-electron chi connectivity index (χ0n) is 13.0. The van der Waals surface area contributed by atoms with E-state index in [0.29, 0.717) is 10.8 Å². The molecule has 0 atom stereocenters. The van der Waals surface area contributed by atoms with Gasteiger partial charge in [0.2, 0.25) is 0 Å². The van der Waals surface area contributed by atoms with Gasteiger partial charge in [0.25, 0.3) is 11.8 Å². The van der Waals surface area contributed by atoms with E-state index in [-0.39, 0.29) is 27.3 Å². The highest BCUT2D eigenvalue weighted by atomic mass is 35.5. The van der Waals surface area contributed by atoms with Gasteiger partial charge in [0.1, 0.15) is 5.75 Å². The van der Waals surface area contributed by atoms with Crippen molar-refractivity contribution in [3.05, 3.63) is 63.1 Å². The van der Waals surface area contributed by atoms with Crippen LogP contribution in [0.25, 0.3) is 0 Å². The van der Waals surface area contributed by atoms with Crippen molar-refractivity contribution in [2.24, 2.45) is 0 Å². The molecular formula is C16H12Cl3N3O3S. The number of hydrogen-bond donors (Lipinski definition) is 3. The van der Waals surface area contributed by atoms with Gasteiger partial charge in [-0.15, -0.1) is 0 Å². The second kappa shape index (κ2) is 9.59. The Morgan fingerprint density at radius 1 is 1.00 bits per heavy atom. The van der Waals surface area contributed by atoms with E-state index in [0.717, 1.165) is 0 Å². The number of halogens is 3.